The Morgan fingerprint density at radius 1 is 1.32 bits per heavy atom. The van der Waals surface area contributed by atoms with Crippen LogP contribution in [-0.2, 0) is 11.8 Å². The molecule has 0 bridgehead atoms. The standard InChI is InChI=1S/C16H21N3O3/c1-16(2,3)22-15(20)19-9-13(10-19)21-12-5-6-14-11(7-12)8-17-18(14)4/h5-8,13H,9-10H2,1-4H3. The second-order valence-electron chi connectivity index (χ2n) is 6.61. The van der Waals surface area contributed by atoms with E-state index in [-0.39, 0.29) is 12.2 Å². The Bertz CT molecular complexity index is 696. The molecule has 1 aliphatic rings. The number of hydrogen-bond acceptors (Lipinski definition) is 4. The molecule has 2 heterocycles. The van der Waals surface area contributed by atoms with E-state index in [9.17, 15) is 4.79 Å². The third kappa shape index (κ3) is 3.00. The minimum absolute atomic E-state index is 0.0154. The molecule has 6 nitrogen and oxygen atoms in total. The molecule has 1 saturated heterocycles. The Morgan fingerprint density at radius 2 is 2.05 bits per heavy atom. The molecular weight excluding hydrogens is 282 g/mol. The zero-order valence-corrected chi connectivity index (χ0v) is 13.4. The van der Waals surface area contributed by atoms with E-state index in [0.29, 0.717) is 13.1 Å². The number of nitrogens with zero attached hydrogens (tertiary/aromatic N) is 3. The topological polar surface area (TPSA) is 56.6 Å². The van der Waals surface area contributed by atoms with Gasteiger partial charge in [0.25, 0.3) is 0 Å². The van der Waals surface area contributed by atoms with Gasteiger partial charge in [-0.25, -0.2) is 4.79 Å². The predicted octanol–water partition coefficient (Wildman–Crippen LogP) is 2.57. The van der Waals surface area contributed by atoms with Crippen LogP contribution in [0.4, 0.5) is 4.79 Å². The van der Waals surface area contributed by atoms with Crippen LogP contribution >= 0.6 is 0 Å². The Kier molecular flexibility index (Phi) is 3.47. The third-order valence-corrected chi connectivity index (χ3v) is 3.52. The zero-order chi connectivity index (χ0) is 15.9. The summed E-state index contributed by atoms with van der Waals surface area (Å²) in [6.07, 6.45) is 1.55. The van der Waals surface area contributed by atoms with Gasteiger partial charge in [0.2, 0.25) is 0 Å². The molecular formula is C16H21N3O3. The highest BCUT2D eigenvalue weighted by atomic mass is 16.6. The van der Waals surface area contributed by atoms with Crippen molar-refractivity contribution in [2.45, 2.75) is 32.5 Å². The first kappa shape index (κ1) is 14.7. The number of aromatic nitrogens is 2. The lowest BCUT2D eigenvalue weighted by atomic mass is 10.1. The minimum Gasteiger partial charge on any atom is -0.487 e. The quantitative estimate of drug-likeness (QED) is 0.855. The Balaban J connectivity index is 1.56. The number of carbonyl (C=O) groups is 1. The molecule has 0 radical (unpaired) electrons. The molecule has 6 heteroatoms. The Hall–Kier alpha value is -2.24. The summed E-state index contributed by atoms with van der Waals surface area (Å²) in [6.45, 7) is 6.70. The van der Waals surface area contributed by atoms with Gasteiger partial charge in [0.05, 0.1) is 24.8 Å². The molecule has 0 spiro atoms. The fourth-order valence-corrected chi connectivity index (χ4v) is 2.40. The average Bonchev–Trinajstić information content (AvgIpc) is 2.72. The number of ether oxygens (including phenoxy) is 2. The molecule has 0 unspecified atom stereocenters. The molecule has 0 N–H and O–H groups in total. The number of rotatable bonds is 2. The second-order valence-corrected chi connectivity index (χ2v) is 6.61. The number of likely N-dealkylation sites (tertiary alicyclic amines) is 1. The van der Waals surface area contributed by atoms with Crippen molar-refractivity contribution >= 4 is 17.0 Å². The van der Waals surface area contributed by atoms with Gasteiger partial charge in [-0.2, -0.15) is 5.10 Å². The van der Waals surface area contributed by atoms with E-state index in [0.717, 1.165) is 16.7 Å². The molecule has 1 aromatic carbocycles. The van der Waals surface area contributed by atoms with Crippen molar-refractivity contribution in [3.05, 3.63) is 24.4 Å². The smallest absolute Gasteiger partial charge is 0.410 e. The fraction of sp³-hybridized carbons (Fsp3) is 0.500. The van der Waals surface area contributed by atoms with Crippen LogP contribution in [0, 0.1) is 0 Å². The summed E-state index contributed by atoms with van der Waals surface area (Å²) in [5.41, 5.74) is 0.602. The Labute approximate surface area is 129 Å². The van der Waals surface area contributed by atoms with Gasteiger partial charge in [0, 0.05) is 12.4 Å². The van der Waals surface area contributed by atoms with Gasteiger partial charge in [-0.05, 0) is 39.0 Å². The molecule has 22 heavy (non-hydrogen) atoms. The maximum absolute atomic E-state index is 11.9. The van der Waals surface area contributed by atoms with Gasteiger partial charge in [0.15, 0.2) is 0 Å². The maximum atomic E-state index is 11.9. The van der Waals surface area contributed by atoms with Crippen molar-refractivity contribution < 1.29 is 14.3 Å². The van der Waals surface area contributed by atoms with Gasteiger partial charge in [-0.15, -0.1) is 0 Å². The van der Waals surface area contributed by atoms with Crippen LogP contribution in [0.15, 0.2) is 24.4 Å². The predicted molar refractivity (Wildman–Crippen MR) is 82.9 cm³/mol. The van der Waals surface area contributed by atoms with Crippen LogP contribution in [-0.4, -0.2) is 45.6 Å². The summed E-state index contributed by atoms with van der Waals surface area (Å²) in [7, 11) is 1.91. The van der Waals surface area contributed by atoms with Crippen molar-refractivity contribution in [2.75, 3.05) is 13.1 Å². The first-order chi connectivity index (χ1) is 10.3. The SMILES string of the molecule is Cn1ncc2cc(OC3CN(C(=O)OC(C)(C)C)C3)ccc21. The summed E-state index contributed by atoms with van der Waals surface area (Å²) in [6, 6.07) is 5.89. The van der Waals surface area contributed by atoms with Crippen LogP contribution in [0.2, 0.25) is 0 Å². The molecule has 0 aliphatic carbocycles. The number of aryl methyl sites for hydroxylation is 1. The number of hydrogen-bond donors (Lipinski definition) is 0. The van der Waals surface area contributed by atoms with Crippen molar-refractivity contribution in [2.24, 2.45) is 7.05 Å². The van der Waals surface area contributed by atoms with Gasteiger partial charge in [-0.1, -0.05) is 0 Å². The summed E-state index contributed by atoms with van der Waals surface area (Å²) < 4.78 is 13.0. The second kappa shape index (κ2) is 5.19. The molecule has 1 fully saturated rings. The van der Waals surface area contributed by atoms with E-state index in [1.807, 2.05) is 56.9 Å². The Morgan fingerprint density at radius 3 is 2.73 bits per heavy atom. The highest BCUT2D eigenvalue weighted by Gasteiger charge is 2.35. The first-order valence-electron chi connectivity index (χ1n) is 7.38. The van der Waals surface area contributed by atoms with Gasteiger partial charge < -0.3 is 14.4 Å². The average molecular weight is 303 g/mol. The lowest BCUT2D eigenvalue weighted by Gasteiger charge is -2.39. The summed E-state index contributed by atoms with van der Waals surface area (Å²) in [5.74, 6) is 0.800. The molecule has 1 aromatic heterocycles. The highest BCUT2D eigenvalue weighted by Crippen LogP contribution is 2.24. The molecule has 0 saturated carbocycles. The molecule has 0 atom stereocenters. The first-order valence-corrected chi connectivity index (χ1v) is 7.38. The van der Waals surface area contributed by atoms with Gasteiger partial charge in [0.1, 0.15) is 17.5 Å². The van der Waals surface area contributed by atoms with E-state index in [1.54, 1.807) is 4.90 Å². The van der Waals surface area contributed by atoms with Crippen molar-refractivity contribution in [3.63, 3.8) is 0 Å². The third-order valence-electron chi connectivity index (χ3n) is 3.52. The lowest BCUT2D eigenvalue weighted by Crippen LogP contribution is -2.57. The summed E-state index contributed by atoms with van der Waals surface area (Å²) in [5, 5.41) is 5.26. The van der Waals surface area contributed by atoms with Gasteiger partial charge >= 0.3 is 6.09 Å². The lowest BCUT2D eigenvalue weighted by molar-refractivity contribution is -0.0221. The van der Waals surface area contributed by atoms with E-state index in [4.69, 9.17) is 9.47 Å². The normalized spacial score (nSPS) is 15.7. The van der Waals surface area contributed by atoms with Crippen LogP contribution in [0.5, 0.6) is 5.75 Å². The van der Waals surface area contributed by atoms with E-state index in [1.165, 1.54) is 0 Å². The number of benzene rings is 1. The summed E-state index contributed by atoms with van der Waals surface area (Å²) >= 11 is 0. The van der Waals surface area contributed by atoms with Crippen molar-refractivity contribution in [3.8, 4) is 5.75 Å². The maximum Gasteiger partial charge on any atom is 0.410 e. The van der Waals surface area contributed by atoms with Crippen LogP contribution in [0.25, 0.3) is 10.9 Å². The summed E-state index contributed by atoms with van der Waals surface area (Å²) in [4.78, 5) is 13.5. The fourth-order valence-electron chi connectivity index (χ4n) is 2.40. The van der Waals surface area contributed by atoms with E-state index >= 15 is 0 Å². The zero-order valence-electron chi connectivity index (χ0n) is 13.4. The van der Waals surface area contributed by atoms with Crippen LogP contribution < -0.4 is 4.74 Å². The van der Waals surface area contributed by atoms with Crippen LogP contribution in [0.1, 0.15) is 20.8 Å². The van der Waals surface area contributed by atoms with Crippen molar-refractivity contribution in [1.29, 1.82) is 0 Å². The van der Waals surface area contributed by atoms with Crippen molar-refractivity contribution in [1.82, 2.24) is 14.7 Å². The van der Waals surface area contributed by atoms with Crippen LogP contribution in [0.3, 0.4) is 0 Å². The molecule has 1 aliphatic heterocycles. The van der Waals surface area contributed by atoms with E-state index in [2.05, 4.69) is 5.10 Å². The monoisotopic (exact) mass is 303 g/mol. The molecule has 118 valence electrons. The molecule has 1 amide bonds. The highest BCUT2D eigenvalue weighted by molar-refractivity contribution is 5.80. The molecule has 2 aromatic rings. The minimum atomic E-state index is -0.464. The van der Waals surface area contributed by atoms with E-state index < -0.39 is 5.60 Å². The van der Waals surface area contributed by atoms with Gasteiger partial charge in [-0.3, -0.25) is 4.68 Å². The number of carbonyl (C=O) groups excluding carboxylic acids is 1. The number of amides is 1. The molecule has 3 rings (SSSR count). The number of fused-ring (bicyclic) bond motifs is 1. The largest absolute Gasteiger partial charge is 0.487 e.